The Morgan fingerprint density at radius 1 is 0.773 bits per heavy atom. The molecular formula is C22H32. The van der Waals surface area contributed by atoms with Crippen LogP contribution in [0, 0.1) is 20.8 Å². The predicted molar refractivity (Wildman–Crippen MR) is 101 cm³/mol. The van der Waals surface area contributed by atoms with E-state index >= 15 is 0 Å². The molecule has 0 aliphatic carbocycles. The van der Waals surface area contributed by atoms with E-state index in [2.05, 4.69) is 59.6 Å². The summed E-state index contributed by atoms with van der Waals surface area (Å²) in [5.74, 6) is 0. The second-order valence-electron chi connectivity index (χ2n) is 6.76. The van der Waals surface area contributed by atoms with Crippen molar-refractivity contribution in [1.82, 2.24) is 0 Å². The van der Waals surface area contributed by atoms with Gasteiger partial charge in [0, 0.05) is 0 Å². The van der Waals surface area contributed by atoms with Crippen LogP contribution in [0.3, 0.4) is 0 Å². The average molecular weight is 296 g/mol. The van der Waals surface area contributed by atoms with Gasteiger partial charge in [-0.2, -0.15) is 0 Å². The van der Waals surface area contributed by atoms with Crippen LogP contribution < -0.4 is 0 Å². The molecule has 0 atom stereocenters. The summed E-state index contributed by atoms with van der Waals surface area (Å²) in [6, 6.07) is 4.58. The maximum absolute atomic E-state index is 4.26. The van der Waals surface area contributed by atoms with Gasteiger partial charge in [0.15, 0.2) is 0 Å². The highest BCUT2D eigenvalue weighted by molar-refractivity contribution is 5.41. The molecule has 0 heterocycles. The normalized spacial score (nSPS) is 10.5. The molecule has 0 aliphatic heterocycles. The summed E-state index contributed by atoms with van der Waals surface area (Å²) in [5.41, 5.74) is 9.16. The van der Waals surface area contributed by atoms with Crippen molar-refractivity contribution < 1.29 is 0 Å². The Morgan fingerprint density at radius 3 is 2.00 bits per heavy atom. The van der Waals surface area contributed by atoms with E-state index in [0.29, 0.717) is 0 Å². The molecule has 1 aromatic rings. The van der Waals surface area contributed by atoms with Crippen molar-refractivity contribution >= 4 is 0 Å². The number of hydrogen-bond acceptors (Lipinski definition) is 0. The lowest BCUT2D eigenvalue weighted by atomic mass is 9.92. The van der Waals surface area contributed by atoms with Crippen molar-refractivity contribution in [2.45, 2.75) is 66.2 Å². The molecule has 0 saturated carbocycles. The first kappa shape index (κ1) is 18.5. The standard InChI is InChI=1S/C22H32/c1-16(2)11-9-8-10-12-17(3)19(5)14-22-15-20(6)18(4)13-21(22)7/h13,15H,1,3,5,8-12,14H2,2,4,6-7H3. The molecule has 120 valence electrons. The molecule has 1 rings (SSSR count). The highest BCUT2D eigenvalue weighted by Crippen LogP contribution is 2.23. The van der Waals surface area contributed by atoms with Crippen LogP contribution in [0.4, 0.5) is 0 Å². The molecule has 0 nitrogen and oxygen atoms in total. The quantitative estimate of drug-likeness (QED) is 0.267. The number of allylic oxidation sites excluding steroid dienone is 3. The number of unbranched alkanes of at least 4 members (excludes halogenated alkanes) is 2. The molecule has 0 spiro atoms. The van der Waals surface area contributed by atoms with Crippen molar-refractivity contribution in [2.75, 3.05) is 0 Å². The van der Waals surface area contributed by atoms with Gasteiger partial charge < -0.3 is 0 Å². The molecule has 0 bridgehead atoms. The van der Waals surface area contributed by atoms with Crippen LogP contribution in [0.25, 0.3) is 0 Å². The largest absolute Gasteiger partial charge is 0.100 e. The summed E-state index contributed by atoms with van der Waals surface area (Å²) in [6.07, 6.45) is 6.84. The predicted octanol–water partition coefficient (Wildman–Crippen LogP) is 6.79. The van der Waals surface area contributed by atoms with Gasteiger partial charge in [-0.05, 0) is 87.6 Å². The van der Waals surface area contributed by atoms with Crippen LogP contribution in [0.15, 0.2) is 48.6 Å². The SMILES string of the molecule is C=C(C)CCCCCC(=C)C(=C)Cc1cc(C)c(C)cc1C. The van der Waals surface area contributed by atoms with E-state index in [4.69, 9.17) is 0 Å². The Hall–Kier alpha value is -1.56. The van der Waals surface area contributed by atoms with Crippen LogP contribution in [0.5, 0.6) is 0 Å². The van der Waals surface area contributed by atoms with Gasteiger partial charge in [0.1, 0.15) is 0 Å². The fourth-order valence-corrected chi connectivity index (χ4v) is 2.68. The lowest BCUT2D eigenvalue weighted by Crippen LogP contribution is -1.98. The van der Waals surface area contributed by atoms with Gasteiger partial charge in [0.05, 0.1) is 0 Å². The van der Waals surface area contributed by atoms with E-state index in [1.165, 1.54) is 58.2 Å². The highest BCUT2D eigenvalue weighted by atomic mass is 14.1. The Kier molecular flexibility index (Phi) is 7.38. The maximum atomic E-state index is 4.26. The first-order chi connectivity index (χ1) is 10.3. The third-order valence-electron chi connectivity index (χ3n) is 4.44. The summed E-state index contributed by atoms with van der Waals surface area (Å²) in [7, 11) is 0. The van der Waals surface area contributed by atoms with Gasteiger partial charge >= 0.3 is 0 Å². The second-order valence-corrected chi connectivity index (χ2v) is 6.76. The van der Waals surface area contributed by atoms with Gasteiger partial charge in [-0.3, -0.25) is 0 Å². The lowest BCUT2D eigenvalue weighted by Gasteiger charge is -2.13. The maximum Gasteiger partial charge on any atom is -0.00264 e. The summed E-state index contributed by atoms with van der Waals surface area (Å²) < 4.78 is 0. The van der Waals surface area contributed by atoms with E-state index in [1.807, 2.05) is 0 Å². The first-order valence-corrected chi connectivity index (χ1v) is 8.38. The number of hydrogen-bond donors (Lipinski definition) is 0. The zero-order chi connectivity index (χ0) is 16.7. The third-order valence-corrected chi connectivity index (χ3v) is 4.44. The molecule has 0 N–H and O–H groups in total. The summed E-state index contributed by atoms with van der Waals surface area (Å²) in [5, 5.41) is 0. The molecule has 1 aromatic carbocycles. The Morgan fingerprint density at radius 2 is 1.36 bits per heavy atom. The van der Waals surface area contributed by atoms with Crippen molar-refractivity contribution in [2.24, 2.45) is 0 Å². The molecule has 0 radical (unpaired) electrons. The van der Waals surface area contributed by atoms with Crippen molar-refractivity contribution in [3.8, 4) is 0 Å². The van der Waals surface area contributed by atoms with Crippen LogP contribution >= 0.6 is 0 Å². The second kappa shape index (κ2) is 8.78. The topological polar surface area (TPSA) is 0 Å². The zero-order valence-corrected chi connectivity index (χ0v) is 15.0. The van der Waals surface area contributed by atoms with Crippen molar-refractivity contribution in [1.29, 1.82) is 0 Å². The number of aryl methyl sites for hydroxylation is 3. The van der Waals surface area contributed by atoms with Crippen LogP contribution in [0.2, 0.25) is 0 Å². The van der Waals surface area contributed by atoms with Gasteiger partial charge in [-0.1, -0.05) is 42.9 Å². The molecular weight excluding hydrogens is 264 g/mol. The molecule has 0 aliphatic rings. The van der Waals surface area contributed by atoms with Crippen molar-refractivity contribution in [3.05, 3.63) is 70.8 Å². The lowest BCUT2D eigenvalue weighted by molar-refractivity contribution is 0.675. The van der Waals surface area contributed by atoms with E-state index in [0.717, 1.165) is 19.3 Å². The van der Waals surface area contributed by atoms with Crippen LogP contribution in [0.1, 0.15) is 61.3 Å². The smallest absolute Gasteiger partial charge is 0.00264 e. The van der Waals surface area contributed by atoms with Crippen LogP contribution in [-0.2, 0) is 6.42 Å². The van der Waals surface area contributed by atoms with E-state index in [1.54, 1.807) is 0 Å². The van der Waals surface area contributed by atoms with Gasteiger partial charge in [0.2, 0.25) is 0 Å². The van der Waals surface area contributed by atoms with Gasteiger partial charge in [0.25, 0.3) is 0 Å². The fraction of sp³-hybridized carbons (Fsp3) is 0.455. The zero-order valence-electron chi connectivity index (χ0n) is 15.0. The summed E-state index contributed by atoms with van der Waals surface area (Å²) in [6.45, 7) is 21.1. The van der Waals surface area contributed by atoms with E-state index in [9.17, 15) is 0 Å². The highest BCUT2D eigenvalue weighted by Gasteiger charge is 2.06. The monoisotopic (exact) mass is 296 g/mol. The van der Waals surface area contributed by atoms with Crippen LogP contribution in [-0.4, -0.2) is 0 Å². The number of rotatable bonds is 9. The van der Waals surface area contributed by atoms with Gasteiger partial charge in [-0.25, -0.2) is 0 Å². The third kappa shape index (κ3) is 6.05. The molecule has 0 unspecified atom stereocenters. The van der Waals surface area contributed by atoms with E-state index < -0.39 is 0 Å². The Balaban J connectivity index is 2.46. The molecule has 0 amide bonds. The molecule has 22 heavy (non-hydrogen) atoms. The van der Waals surface area contributed by atoms with Gasteiger partial charge in [-0.15, -0.1) is 6.58 Å². The average Bonchev–Trinajstić information content (AvgIpc) is 2.43. The summed E-state index contributed by atoms with van der Waals surface area (Å²) in [4.78, 5) is 0. The molecule has 0 heteroatoms. The number of benzene rings is 1. The Labute approximate surface area is 137 Å². The minimum absolute atomic E-state index is 0.928. The molecule has 0 saturated heterocycles. The Bertz CT molecular complexity index is 558. The van der Waals surface area contributed by atoms with E-state index in [-0.39, 0.29) is 0 Å². The minimum Gasteiger partial charge on any atom is -0.100 e. The van der Waals surface area contributed by atoms with Crippen molar-refractivity contribution in [3.63, 3.8) is 0 Å². The fourth-order valence-electron chi connectivity index (χ4n) is 2.68. The molecule has 0 fully saturated rings. The minimum atomic E-state index is 0.928. The first-order valence-electron chi connectivity index (χ1n) is 8.38. The summed E-state index contributed by atoms with van der Waals surface area (Å²) >= 11 is 0. The molecule has 0 aromatic heterocycles.